The van der Waals surface area contributed by atoms with Crippen LogP contribution in [-0.4, -0.2) is 63.3 Å². The van der Waals surface area contributed by atoms with E-state index in [9.17, 15) is 4.79 Å². The van der Waals surface area contributed by atoms with E-state index in [4.69, 9.17) is 0 Å². The summed E-state index contributed by atoms with van der Waals surface area (Å²) in [6.45, 7) is 6.09. The maximum atomic E-state index is 12.7. The zero-order valence-electron chi connectivity index (χ0n) is 12.4. The molecule has 2 aromatic rings. The maximum Gasteiger partial charge on any atom is 0.274 e. The SMILES string of the molecule is CN1C[C@@H]2CN(C(=O)c3cn4cccnc4n3)C[C@]2(C)C1. The molecule has 2 fully saturated rings. The second kappa shape index (κ2) is 4.27. The van der Waals surface area contributed by atoms with Crippen LogP contribution < -0.4 is 0 Å². The lowest BCUT2D eigenvalue weighted by atomic mass is 9.83. The number of hydrogen-bond donors (Lipinski definition) is 0. The number of imidazole rings is 1. The third kappa shape index (κ3) is 1.93. The topological polar surface area (TPSA) is 53.7 Å². The fraction of sp³-hybridized carbons (Fsp3) is 0.533. The number of likely N-dealkylation sites (tertiary alicyclic amines) is 2. The number of rotatable bonds is 1. The second-order valence-corrected chi connectivity index (χ2v) is 6.69. The van der Waals surface area contributed by atoms with E-state index < -0.39 is 0 Å². The van der Waals surface area contributed by atoms with Crippen LogP contribution >= 0.6 is 0 Å². The molecule has 0 N–H and O–H groups in total. The van der Waals surface area contributed by atoms with Crippen molar-refractivity contribution in [3.8, 4) is 0 Å². The molecule has 0 radical (unpaired) electrons. The van der Waals surface area contributed by atoms with E-state index in [0.29, 0.717) is 17.4 Å². The summed E-state index contributed by atoms with van der Waals surface area (Å²) >= 11 is 0. The number of nitrogens with zero attached hydrogens (tertiary/aromatic N) is 5. The van der Waals surface area contributed by atoms with E-state index in [0.717, 1.165) is 26.2 Å². The summed E-state index contributed by atoms with van der Waals surface area (Å²) in [5.74, 6) is 1.17. The Morgan fingerprint density at radius 1 is 1.38 bits per heavy atom. The number of carbonyl (C=O) groups excluding carboxylic acids is 1. The van der Waals surface area contributed by atoms with Crippen molar-refractivity contribution < 1.29 is 4.79 Å². The van der Waals surface area contributed by atoms with Gasteiger partial charge in [-0.1, -0.05) is 6.92 Å². The van der Waals surface area contributed by atoms with E-state index >= 15 is 0 Å². The molecule has 4 rings (SSSR count). The predicted octanol–water partition coefficient (Wildman–Crippen LogP) is 0.753. The number of hydrogen-bond acceptors (Lipinski definition) is 4. The van der Waals surface area contributed by atoms with E-state index in [-0.39, 0.29) is 11.3 Å². The number of amides is 1. The molecule has 110 valence electrons. The second-order valence-electron chi connectivity index (χ2n) is 6.69. The molecule has 6 nitrogen and oxygen atoms in total. The van der Waals surface area contributed by atoms with Gasteiger partial charge < -0.3 is 9.80 Å². The van der Waals surface area contributed by atoms with E-state index in [2.05, 4.69) is 28.8 Å². The van der Waals surface area contributed by atoms with Crippen LogP contribution in [0.3, 0.4) is 0 Å². The first-order valence-electron chi connectivity index (χ1n) is 7.33. The van der Waals surface area contributed by atoms with Crippen LogP contribution in [0.15, 0.2) is 24.7 Å². The summed E-state index contributed by atoms with van der Waals surface area (Å²) < 4.78 is 1.79. The monoisotopic (exact) mass is 285 g/mol. The molecule has 0 unspecified atom stereocenters. The lowest BCUT2D eigenvalue weighted by Crippen LogP contribution is -2.34. The molecule has 0 aliphatic carbocycles. The minimum atomic E-state index is 0.0266. The van der Waals surface area contributed by atoms with Crippen LogP contribution in [0.2, 0.25) is 0 Å². The molecule has 2 atom stereocenters. The first kappa shape index (κ1) is 12.8. The molecule has 0 spiro atoms. The number of carbonyl (C=O) groups is 1. The molecule has 2 aliphatic heterocycles. The Morgan fingerprint density at radius 2 is 2.24 bits per heavy atom. The lowest BCUT2D eigenvalue weighted by molar-refractivity contribution is 0.0760. The van der Waals surface area contributed by atoms with Crippen LogP contribution in [0.1, 0.15) is 17.4 Å². The predicted molar refractivity (Wildman–Crippen MR) is 78.0 cm³/mol. The van der Waals surface area contributed by atoms with Gasteiger partial charge in [-0.05, 0) is 19.0 Å². The highest BCUT2D eigenvalue weighted by Gasteiger charge is 2.49. The molecule has 4 heterocycles. The standard InChI is InChI=1S/C15H19N5O/c1-15-9-18(2)6-11(15)7-20(10-15)13(21)12-8-19-5-3-4-16-14(19)17-12/h3-5,8,11H,6-7,9-10H2,1-2H3/t11-,15+/m1/s1. The highest BCUT2D eigenvalue weighted by Crippen LogP contribution is 2.41. The summed E-state index contributed by atoms with van der Waals surface area (Å²) in [6.07, 6.45) is 5.32. The van der Waals surface area contributed by atoms with Gasteiger partial charge in [0.15, 0.2) is 0 Å². The zero-order chi connectivity index (χ0) is 14.6. The van der Waals surface area contributed by atoms with Crippen molar-refractivity contribution >= 4 is 11.7 Å². The Balaban J connectivity index is 1.59. The van der Waals surface area contributed by atoms with Gasteiger partial charge in [-0.25, -0.2) is 9.97 Å². The third-order valence-electron chi connectivity index (χ3n) is 4.88. The first-order valence-corrected chi connectivity index (χ1v) is 7.33. The molecule has 2 saturated heterocycles. The van der Waals surface area contributed by atoms with Crippen LogP contribution in [0.5, 0.6) is 0 Å². The van der Waals surface area contributed by atoms with Gasteiger partial charge in [0.1, 0.15) is 5.69 Å². The Labute approximate surface area is 123 Å². The van der Waals surface area contributed by atoms with Crippen molar-refractivity contribution in [2.75, 3.05) is 33.2 Å². The quantitative estimate of drug-likeness (QED) is 0.776. The van der Waals surface area contributed by atoms with Gasteiger partial charge in [0.2, 0.25) is 5.78 Å². The van der Waals surface area contributed by atoms with Gasteiger partial charge in [0, 0.05) is 50.2 Å². The third-order valence-corrected chi connectivity index (χ3v) is 4.88. The van der Waals surface area contributed by atoms with Crippen LogP contribution in [0.4, 0.5) is 0 Å². The van der Waals surface area contributed by atoms with Gasteiger partial charge in [-0.15, -0.1) is 0 Å². The molecule has 1 amide bonds. The van der Waals surface area contributed by atoms with Gasteiger partial charge in [0.05, 0.1) is 0 Å². The molecule has 0 saturated carbocycles. The van der Waals surface area contributed by atoms with Gasteiger partial charge in [-0.2, -0.15) is 0 Å². The van der Waals surface area contributed by atoms with Gasteiger partial charge in [0.25, 0.3) is 5.91 Å². The van der Waals surface area contributed by atoms with Crippen molar-refractivity contribution in [2.45, 2.75) is 6.92 Å². The first-order chi connectivity index (χ1) is 10.0. The molecule has 21 heavy (non-hydrogen) atoms. The lowest BCUT2D eigenvalue weighted by Gasteiger charge is -2.23. The Bertz CT molecular complexity index is 678. The van der Waals surface area contributed by atoms with Crippen molar-refractivity contribution in [1.82, 2.24) is 24.2 Å². The summed E-state index contributed by atoms with van der Waals surface area (Å²) in [4.78, 5) is 25.5. The fourth-order valence-electron chi connectivity index (χ4n) is 3.88. The molecular formula is C15H19N5O. The molecule has 0 bridgehead atoms. The Morgan fingerprint density at radius 3 is 3.00 bits per heavy atom. The van der Waals surface area contributed by atoms with E-state index in [1.54, 1.807) is 16.8 Å². The van der Waals surface area contributed by atoms with Crippen molar-refractivity contribution in [3.63, 3.8) is 0 Å². The van der Waals surface area contributed by atoms with Crippen molar-refractivity contribution in [2.24, 2.45) is 11.3 Å². The minimum absolute atomic E-state index is 0.0266. The number of fused-ring (bicyclic) bond motifs is 2. The summed E-state index contributed by atoms with van der Waals surface area (Å²) in [6, 6.07) is 1.83. The fourth-order valence-corrected chi connectivity index (χ4v) is 3.88. The summed E-state index contributed by atoms with van der Waals surface area (Å²) in [5.41, 5.74) is 0.715. The molecular weight excluding hydrogens is 266 g/mol. The van der Waals surface area contributed by atoms with E-state index in [1.807, 2.05) is 17.2 Å². The van der Waals surface area contributed by atoms with Gasteiger partial charge in [-0.3, -0.25) is 9.20 Å². The normalized spacial score (nSPS) is 29.2. The molecule has 2 aliphatic rings. The molecule has 0 aromatic carbocycles. The van der Waals surface area contributed by atoms with Gasteiger partial charge >= 0.3 is 0 Å². The minimum Gasteiger partial charge on any atom is -0.336 e. The van der Waals surface area contributed by atoms with Crippen LogP contribution in [0, 0.1) is 11.3 Å². The largest absolute Gasteiger partial charge is 0.336 e. The Hall–Kier alpha value is -1.95. The maximum absolute atomic E-state index is 12.7. The Kier molecular flexibility index (Phi) is 2.60. The van der Waals surface area contributed by atoms with Crippen molar-refractivity contribution in [3.05, 3.63) is 30.4 Å². The molecule has 6 heteroatoms. The highest BCUT2D eigenvalue weighted by molar-refractivity contribution is 5.93. The average Bonchev–Trinajstić information content (AvgIpc) is 3.06. The van der Waals surface area contributed by atoms with Crippen molar-refractivity contribution in [1.29, 1.82) is 0 Å². The smallest absolute Gasteiger partial charge is 0.274 e. The number of aromatic nitrogens is 3. The molecule has 2 aromatic heterocycles. The van der Waals surface area contributed by atoms with Crippen LogP contribution in [-0.2, 0) is 0 Å². The zero-order valence-corrected chi connectivity index (χ0v) is 12.4. The van der Waals surface area contributed by atoms with E-state index in [1.165, 1.54) is 0 Å². The summed E-state index contributed by atoms with van der Waals surface area (Å²) in [5, 5.41) is 0. The average molecular weight is 285 g/mol. The summed E-state index contributed by atoms with van der Waals surface area (Å²) in [7, 11) is 2.16. The van der Waals surface area contributed by atoms with Crippen LogP contribution in [0.25, 0.3) is 5.78 Å². The highest BCUT2D eigenvalue weighted by atomic mass is 16.2.